The molecule has 0 bridgehead atoms. The summed E-state index contributed by atoms with van der Waals surface area (Å²) < 4.78 is 0. The first kappa shape index (κ1) is 13.0. The van der Waals surface area contributed by atoms with Gasteiger partial charge in [-0.1, -0.05) is 6.20 Å². The smallest absolute Gasteiger partial charge is 0.813 e. The third-order valence-corrected chi connectivity index (χ3v) is 0.723. The summed E-state index contributed by atoms with van der Waals surface area (Å²) in [7, 11) is 0. The van der Waals surface area contributed by atoms with Crippen LogP contribution < -0.4 is 68.9 Å². The first-order valence-corrected chi connectivity index (χ1v) is 2.11. The second-order valence-electron chi connectivity index (χ2n) is 1.36. The number of thiol groups is 1. The van der Waals surface area contributed by atoms with E-state index in [-0.39, 0.29) is 82.4 Å². The van der Waals surface area contributed by atoms with Gasteiger partial charge in [0.05, 0.1) is 0 Å². The van der Waals surface area contributed by atoms with Crippen LogP contribution in [0.5, 0.6) is 0 Å². The summed E-state index contributed by atoms with van der Waals surface area (Å²) in [6.07, 6.45) is 3.45. The van der Waals surface area contributed by atoms with Gasteiger partial charge < -0.3 is 18.5 Å². The minimum atomic E-state index is 0. The number of rotatable bonds is 0. The molecule has 0 amide bonds. The van der Waals surface area contributed by atoms with Gasteiger partial charge in [0.25, 0.3) is 0 Å². The molecule has 0 aliphatic carbocycles. The van der Waals surface area contributed by atoms with Crippen molar-refractivity contribution in [2.24, 2.45) is 0 Å². The van der Waals surface area contributed by atoms with Crippen molar-refractivity contribution in [3.63, 3.8) is 0 Å². The van der Waals surface area contributed by atoms with E-state index in [4.69, 9.17) is 0 Å². The van der Waals surface area contributed by atoms with Crippen molar-refractivity contribution in [1.82, 2.24) is 4.98 Å². The number of nitrogens with zero attached hydrogens (tertiary/aromatic N) is 1. The number of hydrogen-bond acceptors (Lipinski definition) is 2. The van der Waals surface area contributed by atoms with E-state index in [9.17, 15) is 0 Å². The average Bonchev–Trinajstić information content (AvgIpc) is 1.69. The largest absolute Gasteiger partial charge is 1.00 e. The van der Waals surface area contributed by atoms with Crippen LogP contribution in [-0.2, 0) is 13.5 Å². The molecule has 0 saturated carbocycles. The van der Waals surface area contributed by atoms with Crippen LogP contribution in [0.4, 0.5) is 0 Å². The molecule has 1 aromatic rings. The molecule has 9 heavy (non-hydrogen) atoms. The van der Waals surface area contributed by atoms with Crippen molar-refractivity contribution in [3.8, 4) is 0 Å². The van der Waals surface area contributed by atoms with Crippen molar-refractivity contribution in [1.29, 1.82) is 0 Å². The van der Waals surface area contributed by atoms with Crippen molar-refractivity contribution < 1.29 is 68.9 Å². The number of pyridine rings is 1. The first-order valence-electron chi connectivity index (χ1n) is 2.11. The van der Waals surface area contributed by atoms with E-state index in [1.807, 2.05) is 12.1 Å². The molecular weight excluding hydrogens is 251 g/mol. The Labute approximate surface area is 122 Å². The van der Waals surface area contributed by atoms with Gasteiger partial charge >= 0.3 is 68.9 Å². The molecular formula is C6H7CsNS-. The van der Waals surface area contributed by atoms with Gasteiger partial charge in [0.1, 0.15) is 0 Å². The molecule has 44 valence electrons. The second kappa shape index (κ2) is 7.53. The zero-order chi connectivity index (χ0) is 5.11. The van der Waals surface area contributed by atoms with E-state index in [2.05, 4.69) is 11.9 Å². The summed E-state index contributed by atoms with van der Waals surface area (Å²) in [5.74, 6) is 0. The molecule has 0 saturated heterocycles. The maximum Gasteiger partial charge on any atom is 1.00 e. The molecule has 0 spiro atoms. The molecule has 0 atom stereocenters. The Balaban J connectivity index is 0. The Hall–Kier alpha value is 1.42. The van der Waals surface area contributed by atoms with Gasteiger partial charge in [-0.25, -0.2) is 0 Å². The third kappa shape index (κ3) is 5.85. The van der Waals surface area contributed by atoms with Gasteiger partial charge in [-0.15, -0.1) is 6.07 Å². The molecule has 0 fully saturated rings. The van der Waals surface area contributed by atoms with Crippen LogP contribution in [-0.4, -0.2) is 4.98 Å². The zero-order valence-corrected chi connectivity index (χ0v) is 12.6. The summed E-state index contributed by atoms with van der Waals surface area (Å²) in [6.45, 7) is 3.66. The predicted molar refractivity (Wildman–Crippen MR) is 37.5 cm³/mol. The van der Waals surface area contributed by atoms with E-state index < -0.39 is 0 Å². The van der Waals surface area contributed by atoms with E-state index in [1.54, 1.807) is 12.4 Å². The normalized spacial score (nSPS) is 6.67. The van der Waals surface area contributed by atoms with Crippen LogP contribution in [0.1, 0.15) is 5.56 Å². The second-order valence-corrected chi connectivity index (χ2v) is 1.36. The van der Waals surface area contributed by atoms with E-state index in [1.165, 1.54) is 0 Å². The number of aromatic nitrogens is 1. The maximum absolute atomic E-state index is 3.82. The Morgan fingerprint density at radius 1 is 1.44 bits per heavy atom. The SMILES string of the molecule is [CH2-]c1cccnc1.[Cs+].[SH-]. The molecule has 0 N–H and O–H groups in total. The summed E-state index contributed by atoms with van der Waals surface area (Å²) in [6, 6.07) is 3.77. The van der Waals surface area contributed by atoms with Crippen LogP contribution in [0.2, 0.25) is 0 Å². The fourth-order valence-electron chi connectivity index (χ4n) is 0.398. The van der Waals surface area contributed by atoms with Gasteiger partial charge in [-0.3, -0.25) is 0 Å². The van der Waals surface area contributed by atoms with E-state index in [0.29, 0.717) is 0 Å². The Morgan fingerprint density at radius 3 is 2.33 bits per heavy atom. The minimum Gasteiger partial charge on any atom is -0.813 e. The van der Waals surface area contributed by atoms with Crippen LogP contribution >= 0.6 is 0 Å². The fraction of sp³-hybridized carbons (Fsp3) is 0. The molecule has 1 nitrogen and oxygen atoms in total. The fourth-order valence-corrected chi connectivity index (χ4v) is 0.398. The van der Waals surface area contributed by atoms with Gasteiger partial charge in [-0.05, 0) is 6.20 Å². The molecule has 1 aromatic heterocycles. The summed E-state index contributed by atoms with van der Waals surface area (Å²) in [5.41, 5.74) is 0.961. The zero-order valence-electron chi connectivity index (χ0n) is 5.41. The van der Waals surface area contributed by atoms with E-state index in [0.717, 1.165) is 5.56 Å². The Bertz CT molecular complexity index is 143. The van der Waals surface area contributed by atoms with E-state index >= 15 is 0 Å². The van der Waals surface area contributed by atoms with Crippen LogP contribution in [0.3, 0.4) is 0 Å². The Kier molecular flexibility index (Phi) is 10.9. The standard InChI is InChI=1S/C6H6N.Cs.H2S/c1-6-3-2-4-7-5-6;;/h2-5H,1H2;;1H2/q-1;+1;/p-1. The number of hydrogen-bond donors (Lipinski definition) is 0. The molecule has 1 rings (SSSR count). The third-order valence-electron chi connectivity index (χ3n) is 0.723. The first-order chi connectivity index (χ1) is 3.39. The molecule has 0 aromatic carbocycles. The Morgan fingerprint density at radius 2 is 2.11 bits per heavy atom. The van der Waals surface area contributed by atoms with Crippen molar-refractivity contribution in [2.75, 3.05) is 0 Å². The van der Waals surface area contributed by atoms with Crippen molar-refractivity contribution >= 4 is 13.5 Å². The molecule has 0 radical (unpaired) electrons. The van der Waals surface area contributed by atoms with Crippen LogP contribution in [0.15, 0.2) is 24.5 Å². The minimum absolute atomic E-state index is 0. The predicted octanol–water partition coefficient (Wildman–Crippen LogP) is -2.00. The summed E-state index contributed by atoms with van der Waals surface area (Å²) >= 11 is 0. The quantitative estimate of drug-likeness (QED) is 0.303. The monoisotopic (exact) mass is 258 g/mol. The van der Waals surface area contributed by atoms with Crippen molar-refractivity contribution in [3.05, 3.63) is 37.0 Å². The van der Waals surface area contributed by atoms with Gasteiger partial charge in [0.2, 0.25) is 0 Å². The van der Waals surface area contributed by atoms with Gasteiger partial charge in [0, 0.05) is 0 Å². The molecule has 0 aliphatic rings. The molecule has 1 heterocycles. The average molecular weight is 258 g/mol. The molecule has 0 aliphatic heterocycles. The maximum atomic E-state index is 3.82. The van der Waals surface area contributed by atoms with Gasteiger partial charge in [-0.2, -0.15) is 18.6 Å². The topological polar surface area (TPSA) is 12.9 Å². The van der Waals surface area contributed by atoms with Crippen LogP contribution in [0.25, 0.3) is 0 Å². The molecule has 0 unspecified atom stereocenters. The summed E-state index contributed by atoms with van der Waals surface area (Å²) in [4.78, 5) is 3.82. The van der Waals surface area contributed by atoms with Crippen LogP contribution in [0, 0.1) is 6.92 Å². The van der Waals surface area contributed by atoms with Crippen molar-refractivity contribution in [2.45, 2.75) is 0 Å². The summed E-state index contributed by atoms with van der Waals surface area (Å²) in [5, 5.41) is 0. The molecule has 3 heteroatoms. The van der Waals surface area contributed by atoms with Gasteiger partial charge in [0.15, 0.2) is 0 Å².